The van der Waals surface area contributed by atoms with E-state index < -0.39 is 6.10 Å². The van der Waals surface area contributed by atoms with Crippen LogP contribution in [0.15, 0.2) is 11.6 Å². The monoisotopic (exact) mass is 446 g/mol. The summed E-state index contributed by atoms with van der Waals surface area (Å²) in [4.78, 5) is 0. The van der Waals surface area contributed by atoms with E-state index in [-0.39, 0.29) is 29.0 Å². The molecule has 3 N–H and O–H groups in total. The zero-order valence-electron chi connectivity index (χ0n) is 21.6. The minimum Gasteiger partial charge on any atom is -0.393 e. The van der Waals surface area contributed by atoms with E-state index in [2.05, 4.69) is 47.6 Å². The van der Waals surface area contributed by atoms with Crippen LogP contribution in [0.4, 0.5) is 0 Å². The average molecular weight is 447 g/mol. The minimum atomic E-state index is -0.426. The maximum Gasteiger partial charge on any atom is 0.0757 e. The van der Waals surface area contributed by atoms with Crippen LogP contribution in [0.5, 0.6) is 0 Å². The van der Waals surface area contributed by atoms with Crippen LogP contribution < -0.4 is 0 Å². The maximum absolute atomic E-state index is 11.4. The highest BCUT2D eigenvalue weighted by atomic mass is 16.3. The Bertz CT molecular complexity index is 701. The third-order valence-electron chi connectivity index (χ3n) is 11.3. The van der Waals surface area contributed by atoms with Gasteiger partial charge in [0.25, 0.3) is 0 Å². The van der Waals surface area contributed by atoms with Gasteiger partial charge >= 0.3 is 0 Å². The van der Waals surface area contributed by atoms with Crippen LogP contribution >= 0.6 is 0 Å². The number of aliphatic hydroxyl groups excluding tert-OH is 3. The fraction of sp³-hybridized carbons (Fsp3) is 0.931. The van der Waals surface area contributed by atoms with E-state index in [1.807, 2.05) is 0 Å². The van der Waals surface area contributed by atoms with Crippen LogP contribution in [0.25, 0.3) is 0 Å². The molecule has 3 saturated carbocycles. The van der Waals surface area contributed by atoms with Crippen molar-refractivity contribution in [3.05, 3.63) is 11.6 Å². The molecule has 1 unspecified atom stereocenters. The van der Waals surface area contributed by atoms with Crippen LogP contribution in [-0.2, 0) is 0 Å². The lowest BCUT2D eigenvalue weighted by molar-refractivity contribution is -0.0989. The van der Waals surface area contributed by atoms with Gasteiger partial charge in [0.2, 0.25) is 0 Å². The number of fused-ring (bicyclic) bond motifs is 5. The number of hydrogen-bond donors (Lipinski definition) is 3. The Morgan fingerprint density at radius 1 is 1.00 bits per heavy atom. The molecule has 32 heavy (non-hydrogen) atoms. The molecule has 3 fully saturated rings. The summed E-state index contributed by atoms with van der Waals surface area (Å²) in [6, 6.07) is 0. The van der Waals surface area contributed by atoms with Gasteiger partial charge in [0.15, 0.2) is 0 Å². The summed E-state index contributed by atoms with van der Waals surface area (Å²) in [6.07, 6.45) is 10.7. The lowest BCUT2D eigenvalue weighted by Crippen LogP contribution is -2.55. The molecule has 0 bridgehead atoms. The predicted octanol–water partition coefficient (Wildman–Crippen LogP) is 5.97. The molecule has 4 rings (SSSR count). The normalized spacial score (nSPS) is 47.9. The fourth-order valence-electron chi connectivity index (χ4n) is 9.38. The number of aliphatic hydroxyl groups is 3. The van der Waals surface area contributed by atoms with Gasteiger partial charge in [0.1, 0.15) is 0 Å². The van der Waals surface area contributed by atoms with E-state index in [4.69, 9.17) is 0 Å². The Labute approximate surface area is 197 Å². The molecule has 0 aliphatic heterocycles. The third-order valence-corrected chi connectivity index (χ3v) is 11.3. The molecular weight excluding hydrogens is 396 g/mol. The predicted molar refractivity (Wildman–Crippen MR) is 131 cm³/mol. The molecule has 0 saturated heterocycles. The van der Waals surface area contributed by atoms with Crippen molar-refractivity contribution in [2.24, 2.45) is 52.3 Å². The second-order valence-electron chi connectivity index (χ2n) is 13.1. The van der Waals surface area contributed by atoms with Gasteiger partial charge in [-0.1, -0.05) is 66.0 Å². The van der Waals surface area contributed by atoms with Crippen LogP contribution in [0.1, 0.15) is 99.3 Å². The second kappa shape index (κ2) is 9.00. The summed E-state index contributed by atoms with van der Waals surface area (Å²) in [5.41, 5.74) is 1.54. The van der Waals surface area contributed by atoms with Gasteiger partial charge in [0.05, 0.1) is 18.3 Å². The molecule has 0 aromatic carbocycles. The van der Waals surface area contributed by atoms with Crippen molar-refractivity contribution in [3.63, 3.8) is 0 Å². The van der Waals surface area contributed by atoms with Gasteiger partial charge in [-0.15, -0.1) is 0 Å². The summed E-state index contributed by atoms with van der Waals surface area (Å²) < 4.78 is 0. The van der Waals surface area contributed by atoms with E-state index in [0.717, 1.165) is 43.9 Å². The van der Waals surface area contributed by atoms with E-state index in [1.54, 1.807) is 0 Å². The van der Waals surface area contributed by atoms with Crippen LogP contribution in [0.3, 0.4) is 0 Å². The van der Waals surface area contributed by atoms with Crippen molar-refractivity contribution in [2.45, 2.75) is 118 Å². The van der Waals surface area contributed by atoms with Crippen molar-refractivity contribution in [2.75, 3.05) is 0 Å². The molecule has 0 spiro atoms. The third kappa shape index (κ3) is 3.93. The van der Waals surface area contributed by atoms with Crippen molar-refractivity contribution in [1.29, 1.82) is 0 Å². The lowest BCUT2D eigenvalue weighted by atomic mass is 9.46. The van der Waals surface area contributed by atoms with E-state index in [0.29, 0.717) is 23.7 Å². The molecule has 0 aromatic rings. The van der Waals surface area contributed by atoms with Gasteiger partial charge in [-0.05, 0) is 97.2 Å². The quantitative estimate of drug-likeness (QED) is 0.441. The number of rotatable bonds is 6. The summed E-state index contributed by atoms with van der Waals surface area (Å²) in [5, 5.41) is 33.0. The Morgan fingerprint density at radius 3 is 2.38 bits per heavy atom. The van der Waals surface area contributed by atoms with E-state index in [9.17, 15) is 15.3 Å². The summed E-state index contributed by atoms with van der Waals surface area (Å²) in [7, 11) is 0. The molecule has 0 heterocycles. The molecule has 11 atom stereocenters. The Morgan fingerprint density at radius 2 is 1.72 bits per heavy atom. The Balaban J connectivity index is 1.56. The number of hydrogen-bond acceptors (Lipinski definition) is 3. The van der Waals surface area contributed by atoms with Crippen molar-refractivity contribution < 1.29 is 15.3 Å². The first-order valence-electron chi connectivity index (χ1n) is 13.8. The van der Waals surface area contributed by atoms with Crippen molar-refractivity contribution >= 4 is 0 Å². The van der Waals surface area contributed by atoms with Crippen molar-refractivity contribution in [1.82, 2.24) is 0 Å². The van der Waals surface area contributed by atoms with Gasteiger partial charge in [-0.3, -0.25) is 0 Å². The molecule has 4 aliphatic carbocycles. The highest BCUT2D eigenvalue weighted by Gasteiger charge is 2.63. The molecule has 0 radical (unpaired) electrons. The average Bonchev–Trinajstić information content (AvgIpc) is 2.99. The van der Waals surface area contributed by atoms with Gasteiger partial charge < -0.3 is 15.3 Å². The van der Waals surface area contributed by atoms with Crippen LogP contribution in [0, 0.1) is 52.3 Å². The van der Waals surface area contributed by atoms with Crippen molar-refractivity contribution in [3.8, 4) is 0 Å². The largest absolute Gasteiger partial charge is 0.393 e. The van der Waals surface area contributed by atoms with Crippen LogP contribution in [-0.4, -0.2) is 33.6 Å². The summed E-state index contributed by atoms with van der Waals surface area (Å²) in [5.74, 6) is 3.51. The zero-order chi connectivity index (χ0) is 23.4. The van der Waals surface area contributed by atoms with Crippen LogP contribution in [0.2, 0.25) is 0 Å². The minimum absolute atomic E-state index is 0.116. The van der Waals surface area contributed by atoms with E-state index in [1.165, 1.54) is 31.3 Å². The van der Waals surface area contributed by atoms with Gasteiger partial charge in [-0.25, -0.2) is 0 Å². The SMILES string of the molecule is CCC(CC[C@@H](C)[C@H]1[C@@H](O)C[C@H]2[C@@H]3[C@H](O)C=C4C[C@@H](O)CC[C@]4(C)[C@@H]3CC[C@]12C)C(C)C. The molecule has 0 aromatic heterocycles. The molecular formula is C29H50O3. The topological polar surface area (TPSA) is 60.7 Å². The maximum atomic E-state index is 11.4. The van der Waals surface area contributed by atoms with Gasteiger partial charge in [0, 0.05) is 0 Å². The van der Waals surface area contributed by atoms with Gasteiger partial charge in [-0.2, -0.15) is 0 Å². The second-order valence-corrected chi connectivity index (χ2v) is 13.1. The lowest BCUT2D eigenvalue weighted by Gasteiger charge is -2.59. The molecule has 3 heteroatoms. The Kier molecular flexibility index (Phi) is 6.96. The van der Waals surface area contributed by atoms with E-state index >= 15 is 0 Å². The highest BCUT2D eigenvalue weighted by molar-refractivity contribution is 5.28. The summed E-state index contributed by atoms with van der Waals surface area (Å²) >= 11 is 0. The first kappa shape index (κ1) is 24.7. The first-order valence-corrected chi connectivity index (χ1v) is 13.8. The first-order chi connectivity index (χ1) is 15.0. The molecule has 184 valence electrons. The smallest absolute Gasteiger partial charge is 0.0757 e. The molecule has 4 aliphatic rings. The summed E-state index contributed by atoms with van der Waals surface area (Å²) in [6.45, 7) is 14.2. The Hall–Kier alpha value is -0.380. The fourth-order valence-corrected chi connectivity index (χ4v) is 9.38. The molecule has 0 amide bonds. The molecule has 3 nitrogen and oxygen atoms in total. The highest BCUT2D eigenvalue weighted by Crippen LogP contribution is 2.67. The zero-order valence-corrected chi connectivity index (χ0v) is 21.6. The standard InChI is InChI=1S/C29H50O3/c1-7-19(17(2)3)9-8-18(4)27-25(32)16-23-26-22(11-13-29(23,27)6)28(5)12-10-21(30)14-20(28)15-24(26)31/h15,17-19,21-27,30-32H,7-14,16H2,1-6H3/t18-,19?,21+,22-,23+,24-,25+,26-,27+,28+,29+/m1/s1.